The van der Waals surface area contributed by atoms with Gasteiger partial charge in [-0.25, -0.2) is 4.39 Å². The minimum Gasteiger partial charge on any atom is -0.490 e. The molecule has 0 radical (unpaired) electrons. The summed E-state index contributed by atoms with van der Waals surface area (Å²) < 4.78 is 19.2. The van der Waals surface area contributed by atoms with Crippen molar-refractivity contribution >= 4 is 11.8 Å². The van der Waals surface area contributed by atoms with Gasteiger partial charge in [0.2, 0.25) is 11.8 Å². The fourth-order valence-corrected chi connectivity index (χ4v) is 2.42. The van der Waals surface area contributed by atoms with Crippen LogP contribution in [0.3, 0.4) is 0 Å². The lowest BCUT2D eigenvalue weighted by molar-refractivity contribution is -0.138. The first-order valence-electron chi connectivity index (χ1n) is 7.32. The zero-order valence-corrected chi connectivity index (χ0v) is 12.4. The number of aromatic nitrogens is 1. The summed E-state index contributed by atoms with van der Waals surface area (Å²) in [5.74, 6) is -0.151. The molecule has 1 fully saturated rings. The maximum Gasteiger partial charge on any atom is 0.229 e. The van der Waals surface area contributed by atoms with Crippen molar-refractivity contribution in [3.05, 3.63) is 48.4 Å². The van der Waals surface area contributed by atoms with E-state index in [0.29, 0.717) is 17.0 Å². The van der Waals surface area contributed by atoms with E-state index in [9.17, 15) is 14.0 Å². The summed E-state index contributed by atoms with van der Waals surface area (Å²) in [7, 11) is 0. The highest BCUT2D eigenvalue weighted by Gasteiger charge is 2.28. The second-order valence-corrected chi connectivity index (χ2v) is 5.15. The van der Waals surface area contributed by atoms with Gasteiger partial charge in [0.15, 0.2) is 0 Å². The number of carbonyl (C=O) groups excluding carboxylic acids is 2. The van der Waals surface area contributed by atoms with Gasteiger partial charge in [-0.3, -0.25) is 19.5 Å². The predicted molar refractivity (Wildman–Crippen MR) is 81.1 cm³/mol. The second kappa shape index (κ2) is 6.56. The van der Waals surface area contributed by atoms with Crippen LogP contribution in [0, 0.1) is 5.82 Å². The molecule has 1 aliphatic rings. The molecule has 2 amide bonds. The third-order valence-electron chi connectivity index (χ3n) is 3.62. The van der Waals surface area contributed by atoms with Gasteiger partial charge in [-0.05, 0) is 24.3 Å². The van der Waals surface area contributed by atoms with Crippen molar-refractivity contribution in [2.75, 3.05) is 13.2 Å². The molecular weight excluding hydrogens is 299 g/mol. The third-order valence-corrected chi connectivity index (χ3v) is 3.62. The smallest absolute Gasteiger partial charge is 0.229 e. The highest BCUT2D eigenvalue weighted by atomic mass is 19.1. The first-order valence-corrected chi connectivity index (χ1v) is 7.32. The number of hydrogen-bond donors (Lipinski definition) is 0. The van der Waals surface area contributed by atoms with Crippen LogP contribution in [0.5, 0.6) is 5.75 Å². The number of rotatable bonds is 5. The molecule has 0 unspecified atom stereocenters. The normalized spacial score (nSPS) is 14.4. The van der Waals surface area contributed by atoms with Gasteiger partial charge in [-0.1, -0.05) is 12.1 Å². The molecule has 5 nitrogen and oxygen atoms in total. The van der Waals surface area contributed by atoms with Gasteiger partial charge in [0.1, 0.15) is 18.2 Å². The first kappa shape index (κ1) is 15.1. The van der Waals surface area contributed by atoms with Crippen LogP contribution in [0.2, 0.25) is 0 Å². The average Bonchev–Trinajstić information content (AvgIpc) is 2.88. The van der Waals surface area contributed by atoms with Crippen LogP contribution in [0.25, 0.3) is 11.3 Å². The lowest BCUT2D eigenvalue weighted by atomic mass is 10.1. The van der Waals surface area contributed by atoms with Gasteiger partial charge < -0.3 is 4.74 Å². The van der Waals surface area contributed by atoms with Crippen molar-refractivity contribution in [2.24, 2.45) is 0 Å². The summed E-state index contributed by atoms with van der Waals surface area (Å²) in [5, 5.41) is 0. The monoisotopic (exact) mass is 314 g/mol. The Kier molecular flexibility index (Phi) is 4.32. The Morgan fingerprint density at radius 1 is 1.09 bits per heavy atom. The Labute approximate surface area is 132 Å². The Bertz CT molecular complexity index is 715. The standard InChI is InChI=1S/C17H15FN2O3/c18-14-4-2-1-3-13(14)15-6-5-12(11-19-15)23-10-9-20-16(21)7-8-17(20)22/h1-6,11H,7-10H2. The fourth-order valence-electron chi connectivity index (χ4n) is 2.42. The highest BCUT2D eigenvalue weighted by Crippen LogP contribution is 2.22. The van der Waals surface area contributed by atoms with E-state index < -0.39 is 0 Å². The van der Waals surface area contributed by atoms with Gasteiger partial charge in [0.25, 0.3) is 0 Å². The van der Waals surface area contributed by atoms with E-state index in [1.54, 1.807) is 30.3 Å². The number of nitrogens with zero attached hydrogens (tertiary/aromatic N) is 2. The molecule has 0 bridgehead atoms. The van der Waals surface area contributed by atoms with Crippen molar-refractivity contribution in [2.45, 2.75) is 12.8 Å². The summed E-state index contributed by atoms with van der Waals surface area (Å²) in [6.07, 6.45) is 2.05. The van der Waals surface area contributed by atoms with Crippen molar-refractivity contribution in [1.82, 2.24) is 9.88 Å². The molecule has 0 aliphatic carbocycles. The molecule has 1 aromatic carbocycles. The Morgan fingerprint density at radius 3 is 2.48 bits per heavy atom. The van der Waals surface area contributed by atoms with Gasteiger partial charge in [-0.2, -0.15) is 0 Å². The van der Waals surface area contributed by atoms with Crippen molar-refractivity contribution < 1.29 is 18.7 Å². The number of ether oxygens (including phenoxy) is 1. The molecule has 2 heterocycles. The molecule has 0 N–H and O–H groups in total. The fraction of sp³-hybridized carbons (Fsp3) is 0.235. The van der Waals surface area contributed by atoms with Crippen LogP contribution in [0.15, 0.2) is 42.6 Å². The molecule has 1 aromatic heterocycles. The Hall–Kier alpha value is -2.76. The van der Waals surface area contributed by atoms with Crippen LogP contribution in [0.1, 0.15) is 12.8 Å². The van der Waals surface area contributed by atoms with Crippen LogP contribution in [0.4, 0.5) is 4.39 Å². The van der Waals surface area contributed by atoms with E-state index in [2.05, 4.69) is 4.98 Å². The third kappa shape index (κ3) is 3.36. The molecule has 0 saturated carbocycles. The molecule has 1 saturated heterocycles. The number of likely N-dealkylation sites (tertiary alicyclic amines) is 1. The molecule has 1 aliphatic heterocycles. The van der Waals surface area contributed by atoms with Crippen molar-refractivity contribution in [3.63, 3.8) is 0 Å². The SMILES string of the molecule is O=C1CCC(=O)N1CCOc1ccc(-c2ccccc2F)nc1. The van der Waals surface area contributed by atoms with E-state index in [1.165, 1.54) is 17.2 Å². The minimum atomic E-state index is -0.334. The number of amides is 2. The van der Waals surface area contributed by atoms with Crippen molar-refractivity contribution in [3.8, 4) is 17.0 Å². The van der Waals surface area contributed by atoms with Gasteiger partial charge in [0.05, 0.1) is 18.4 Å². The van der Waals surface area contributed by atoms with Gasteiger partial charge >= 0.3 is 0 Å². The minimum absolute atomic E-state index is 0.161. The van der Waals surface area contributed by atoms with E-state index >= 15 is 0 Å². The largest absolute Gasteiger partial charge is 0.490 e. The van der Waals surface area contributed by atoms with Crippen LogP contribution >= 0.6 is 0 Å². The van der Waals surface area contributed by atoms with Crippen LogP contribution < -0.4 is 4.74 Å². The van der Waals surface area contributed by atoms with E-state index in [-0.39, 0.29) is 43.6 Å². The van der Waals surface area contributed by atoms with Crippen LogP contribution in [-0.4, -0.2) is 34.8 Å². The molecule has 3 rings (SSSR count). The first-order chi connectivity index (χ1) is 11.1. The summed E-state index contributed by atoms with van der Waals surface area (Å²) in [6.45, 7) is 0.435. The van der Waals surface area contributed by atoms with E-state index in [1.807, 2.05) is 0 Å². The zero-order valence-electron chi connectivity index (χ0n) is 12.4. The second-order valence-electron chi connectivity index (χ2n) is 5.15. The Balaban J connectivity index is 1.59. The number of carbonyl (C=O) groups is 2. The molecule has 23 heavy (non-hydrogen) atoms. The summed E-state index contributed by atoms with van der Waals surface area (Å²) in [4.78, 5) is 28.3. The predicted octanol–water partition coefficient (Wildman–Crippen LogP) is 2.42. The maximum atomic E-state index is 13.7. The average molecular weight is 314 g/mol. The zero-order chi connectivity index (χ0) is 16.2. The molecule has 0 atom stereocenters. The van der Waals surface area contributed by atoms with Gasteiger partial charge in [-0.15, -0.1) is 0 Å². The lowest BCUT2D eigenvalue weighted by Crippen LogP contribution is -2.33. The summed E-state index contributed by atoms with van der Waals surface area (Å²) in [5.41, 5.74) is 0.938. The number of hydrogen-bond acceptors (Lipinski definition) is 4. The van der Waals surface area contributed by atoms with E-state index in [4.69, 9.17) is 4.74 Å². The molecular formula is C17H15FN2O3. The molecule has 118 valence electrons. The van der Waals surface area contributed by atoms with Crippen molar-refractivity contribution in [1.29, 1.82) is 0 Å². The maximum absolute atomic E-state index is 13.7. The van der Waals surface area contributed by atoms with E-state index in [0.717, 1.165) is 0 Å². The summed E-state index contributed by atoms with van der Waals surface area (Å²) in [6, 6.07) is 9.75. The number of imide groups is 1. The molecule has 6 heteroatoms. The number of halogens is 1. The number of pyridine rings is 1. The lowest BCUT2D eigenvalue weighted by Gasteiger charge is -2.14. The quantitative estimate of drug-likeness (QED) is 0.795. The summed E-state index contributed by atoms with van der Waals surface area (Å²) >= 11 is 0. The highest BCUT2D eigenvalue weighted by molar-refractivity contribution is 6.01. The number of benzene rings is 1. The van der Waals surface area contributed by atoms with Gasteiger partial charge in [0, 0.05) is 18.4 Å². The Morgan fingerprint density at radius 2 is 1.83 bits per heavy atom. The van der Waals surface area contributed by atoms with Crippen LogP contribution in [-0.2, 0) is 9.59 Å². The molecule has 2 aromatic rings. The topological polar surface area (TPSA) is 59.5 Å². The molecule has 0 spiro atoms.